The van der Waals surface area contributed by atoms with E-state index < -0.39 is 25.2 Å². The third-order valence-corrected chi connectivity index (χ3v) is 8.26. The molecule has 0 radical (unpaired) electrons. The topological polar surface area (TPSA) is 120 Å². The van der Waals surface area contributed by atoms with E-state index in [1.54, 1.807) is 31.2 Å². The summed E-state index contributed by atoms with van der Waals surface area (Å²) in [5.41, 5.74) is 3.71. The molecule has 1 unspecified atom stereocenters. The number of hydroxylamine groups is 1. The van der Waals surface area contributed by atoms with Crippen LogP contribution in [0.3, 0.4) is 0 Å². The van der Waals surface area contributed by atoms with Gasteiger partial charge in [0.25, 0.3) is 11.6 Å². The minimum Gasteiger partial charge on any atom is -0.448 e. The number of amides is 2. The predicted octanol–water partition coefficient (Wildman–Crippen LogP) is 5.23. The van der Waals surface area contributed by atoms with Crippen LogP contribution in [0.25, 0.3) is 0 Å². The summed E-state index contributed by atoms with van der Waals surface area (Å²) in [6, 6.07) is 14.4. The highest BCUT2D eigenvalue weighted by molar-refractivity contribution is 6.72. The first-order valence-electron chi connectivity index (χ1n) is 10.7. The van der Waals surface area contributed by atoms with Crippen LogP contribution in [-0.2, 0) is 15.3 Å². The first-order valence-corrected chi connectivity index (χ1v) is 13.5. The van der Waals surface area contributed by atoms with Gasteiger partial charge in [-0.05, 0) is 54.7 Å². The van der Waals surface area contributed by atoms with Gasteiger partial charge in [-0.15, -0.1) is 0 Å². The Morgan fingerprint density at radius 3 is 2.30 bits per heavy atom. The number of nitro benzene ring substituents is 1. The van der Waals surface area contributed by atoms with Gasteiger partial charge in [-0.1, -0.05) is 45.0 Å². The molecule has 0 aliphatic heterocycles. The van der Waals surface area contributed by atoms with E-state index in [9.17, 15) is 19.7 Å². The molecule has 2 rings (SSSR count). The molecular weight excluding hydrogens is 442 g/mol. The van der Waals surface area contributed by atoms with Crippen LogP contribution in [0.4, 0.5) is 16.2 Å². The van der Waals surface area contributed by atoms with E-state index in [-0.39, 0.29) is 23.4 Å². The van der Waals surface area contributed by atoms with Crippen molar-refractivity contribution in [2.75, 3.05) is 11.9 Å². The second-order valence-electron chi connectivity index (χ2n) is 9.21. The first kappa shape index (κ1) is 26.0. The Kier molecular flexibility index (Phi) is 8.72. The van der Waals surface area contributed by atoms with Crippen molar-refractivity contribution in [3.8, 4) is 0 Å². The molecule has 1 atom stereocenters. The Morgan fingerprint density at radius 2 is 1.73 bits per heavy atom. The lowest BCUT2D eigenvalue weighted by atomic mass is 10.0. The standard InChI is InChI=1S/C23H31N3O6Si/c1-6-31-22(28)25-32-33(5,16-23(2,3)4)15-17-11-13-18(14-12-17)21(27)24-19-9-7-8-10-20(19)26(29)30/h7-14H,6,15-16H2,1-5H3,(H,24,27)(H,25,28). The lowest BCUT2D eigenvalue weighted by Gasteiger charge is -2.33. The molecule has 0 aliphatic rings. The van der Waals surface area contributed by atoms with Gasteiger partial charge in [0.15, 0.2) is 0 Å². The first-order chi connectivity index (χ1) is 15.4. The molecule has 2 amide bonds. The smallest absolute Gasteiger partial charge is 0.430 e. The third kappa shape index (κ3) is 8.32. The maximum atomic E-state index is 12.6. The lowest BCUT2D eigenvalue weighted by molar-refractivity contribution is -0.383. The normalized spacial score (nSPS) is 13.0. The Morgan fingerprint density at radius 1 is 1.09 bits per heavy atom. The van der Waals surface area contributed by atoms with Gasteiger partial charge in [0, 0.05) is 11.6 Å². The number of nitrogens with zero attached hydrogens (tertiary/aromatic N) is 1. The number of anilines is 1. The molecule has 0 fully saturated rings. The molecule has 0 bridgehead atoms. The van der Waals surface area contributed by atoms with E-state index in [1.807, 2.05) is 18.7 Å². The highest BCUT2D eigenvalue weighted by Crippen LogP contribution is 2.30. The summed E-state index contributed by atoms with van der Waals surface area (Å²) in [6.07, 6.45) is -0.618. The zero-order chi connectivity index (χ0) is 24.6. The number of benzene rings is 2. The van der Waals surface area contributed by atoms with E-state index in [4.69, 9.17) is 9.26 Å². The Balaban J connectivity index is 2.13. The fourth-order valence-electron chi connectivity index (χ4n) is 3.72. The van der Waals surface area contributed by atoms with Gasteiger partial charge >= 0.3 is 6.09 Å². The molecule has 33 heavy (non-hydrogen) atoms. The number of ether oxygens (including phenoxy) is 1. The highest BCUT2D eigenvalue weighted by atomic mass is 28.4. The molecule has 2 aromatic rings. The van der Waals surface area contributed by atoms with Crippen molar-refractivity contribution in [2.24, 2.45) is 5.41 Å². The largest absolute Gasteiger partial charge is 0.448 e. The van der Waals surface area contributed by atoms with Crippen LogP contribution in [0.2, 0.25) is 12.6 Å². The monoisotopic (exact) mass is 473 g/mol. The van der Waals surface area contributed by atoms with E-state index in [0.29, 0.717) is 11.6 Å². The fourth-order valence-corrected chi connectivity index (χ4v) is 7.66. The Hall–Kier alpha value is -3.24. The average Bonchev–Trinajstić information content (AvgIpc) is 2.72. The summed E-state index contributed by atoms with van der Waals surface area (Å²) in [4.78, 5) is 34.9. The van der Waals surface area contributed by atoms with Crippen molar-refractivity contribution in [1.29, 1.82) is 0 Å². The molecule has 10 heteroatoms. The second-order valence-corrected chi connectivity index (χ2v) is 13.0. The molecule has 2 aromatic carbocycles. The number of carbonyl (C=O) groups is 2. The zero-order valence-electron chi connectivity index (χ0n) is 19.6. The zero-order valence-corrected chi connectivity index (χ0v) is 20.6. The molecule has 0 saturated carbocycles. The number of hydrogen-bond acceptors (Lipinski definition) is 6. The van der Waals surface area contributed by atoms with Gasteiger partial charge in [-0.25, -0.2) is 10.3 Å². The van der Waals surface area contributed by atoms with Crippen LogP contribution >= 0.6 is 0 Å². The summed E-state index contributed by atoms with van der Waals surface area (Å²) in [5.74, 6) is -0.439. The molecule has 178 valence electrons. The summed E-state index contributed by atoms with van der Waals surface area (Å²) < 4.78 is 10.8. The van der Waals surface area contributed by atoms with E-state index >= 15 is 0 Å². The SMILES string of the molecule is CCOC(=O)NO[Si](C)(Cc1ccc(C(=O)Nc2ccccc2[N+](=O)[O-])cc1)CC(C)(C)C. The van der Waals surface area contributed by atoms with Gasteiger partial charge in [0.2, 0.25) is 8.32 Å². The number of rotatable bonds is 9. The van der Waals surface area contributed by atoms with E-state index in [2.05, 4.69) is 31.6 Å². The number of carbonyl (C=O) groups excluding carboxylic acids is 2. The van der Waals surface area contributed by atoms with Gasteiger partial charge in [-0.2, -0.15) is 0 Å². The summed E-state index contributed by atoms with van der Waals surface area (Å²) in [7, 11) is -2.43. The van der Waals surface area contributed by atoms with Crippen LogP contribution in [0.1, 0.15) is 43.6 Å². The molecule has 9 nitrogen and oxygen atoms in total. The van der Waals surface area contributed by atoms with Gasteiger partial charge < -0.3 is 14.6 Å². The van der Waals surface area contributed by atoms with Crippen molar-refractivity contribution < 1.29 is 23.8 Å². The lowest BCUT2D eigenvalue weighted by Crippen LogP contribution is -2.47. The van der Waals surface area contributed by atoms with Crippen molar-refractivity contribution in [3.63, 3.8) is 0 Å². The third-order valence-electron chi connectivity index (χ3n) is 4.70. The molecule has 0 aliphatic carbocycles. The molecule has 0 heterocycles. The Labute approximate surface area is 194 Å². The number of nitro groups is 1. The maximum absolute atomic E-state index is 12.6. The summed E-state index contributed by atoms with van der Waals surface area (Å²) >= 11 is 0. The minimum atomic E-state index is -2.43. The van der Waals surface area contributed by atoms with Crippen LogP contribution in [0.5, 0.6) is 0 Å². The average molecular weight is 474 g/mol. The second kappa shape index (κ2) is 11.1. The van der Waals surface area contributed by atoms with Crippen molar-refractivity contribution in [2.45, 2.75) is 46.3 Å². The van der Waals surface area contributed by atoms with Crippen molar-refractivity contribution in [3.05, 3.63) is 69.8 Å². The maximum Gasteiger partial charge on any atom is 0.430 e. The summed E-state index contributed by atoms with van der Waals surface area (Å²) in [5, 5.41) is 13.8. The number of para-hydroxylation sites is 2. The number of hydrogen-bond donors (Lipinski definition) is 2. The van der Waals surface area contributed by atoms with E-state index in [1.165, 1.54) is 12.1 Å². The van der Waals surface area contributed by atoms with Crippen LogP contribution < -0.4 is 10.8 Å². The molecule has 0 saturated heterocycles. The number of nitrogens with one attached hydrogen (secondary N) is 2. The minimum absolute atomic E-state index is 0.0124. The molecule has 0 aromatic heterocycles. The van der Waals surface area contributed by atoms with Gasteiger partial charge in [-0.3, -0.25) is 14.9 Å². The van der Waals surface area contributed by atoms with Crippen molar-refractivity contribution in [1.82, 2.24) is 5.48 Å². The van der Waals surface area contributed by atoms with Crippen LogP contribution in [0.15, 0.2) is 48.5 Å². The molecular formula is C23H31N3O6Si. The van der Waals surface area contributed by atoms with Crippen LogP contribution in [-0.4, -0.2) is 31.8 Å². The molecule has 0 spiro atoms. The van der Waals surface area contributed by atoms with E-state index in [0.717, 1.165) is 11.6 Å². The van der Waals surface area contributed by atoms with Crippen LogP contribution in [0, 0.1) is 15.5 Å². The predicted molar refractivity (Wildman–Crippen MR) is 128 cm³/mol. The Bertz CT molecular complexity index is 990. The summed E-state index contributed by atoms with van der Waals surface area (Å²) in [6.45, 7) is 10.4. The fraction of sp³-hybridized carbons (Fsp3) is 0.391. The van der Waals surface area contributed by atoms with Gasteiger partial charge in [0.1, 0.15) is 5.69 Å². The quantitative estimate of drug-likeness (QED) is 0.292. The van der Waals surface area contributed by atoms with Crippen molar-refractivity contribution >= 4 is 31.7 Å². The highest BCUT2D eigenvalue weighted by Gasteiger charge is 2.36. The molecule has 2 N–H and O–H groups in total. The van der Waals surface area contributed by atoms with Gasteiger partial charge in [0.05, 0.1) is 11.5 Å².